The van der Waals surface area contributed by atoms with Gasteiger partial charge in [0.05, 0.1) is 23.3 Å². The van der Waals surface area contributed by atoms with Crippen molar-refractivity contribution < 1.29 is 27.5 Å². The molecule has 11 heteroatoms. The predicted octanol–water partition coefficient (Wildman–Crippen LogP) is 4.86. The highest BCUT2D eigenvalue weighted by Crippen LogP contribution is 2.38. The number of hydrogen-bond donors (Lipinski definition) is 2. The number of aliphatic hydroxyl groups is 1. The molecule has 2 aliphatic rings. The molecular weight excluding hydrogens is 502 g/mol. The van der Waals surface area contributed by atoms with Gasteiger partial charge in [-0.15, -0.1) is 0 Å². The number of rotatable bonds is 5. The molecule has 2 fully saturated rings. The quantitative estimate of drug-likeness (QED) is 0.458. The number of aliphatic hydroxyl groups excluding tert-OH is 1. The Morgan fingerprint density at radius 2 is 1.95 bits per heavy atom. The number of fused-ring (bicyclic) bond motifs is 1. The number of amides is 1. The third-order valence-electron chi connectivity index (χ3n) is 7.89. The minimum atomic E-state index is -4.83. The van der Waals surface area contributed by atoms with Gasteiger partial charge in [-0.3, -0.25) is 9.69 Å². The number of carbonyl (C=O) groups excluding carboxylic acids is 1. The molecule has 1 saturated carbocycles. The van der Waals surface area contributed by atoms with Crippen LogP contribution in [0.1, 0.15) is 84.5 Å². The second-order valence-electron chi connectivity index (χ2n) is 10.4. The van der Waals surface area contributed by atoms with E-state index < -0.39 is 29.5 Å². The molecule has 2 atom stereocenters. The van der Waals surface area contributed by atoms with Gasteiger partial charge in [-0.05, 0) is 70.0 Å². The highest BCUT2D eigenvalue weighted by Gasteiger charge is 2.36. The molecule has 0 bridgehead atoms. The Balaban J connectivity index is 1.33. The van der Waals surface area contributed by atoms with Gasteiger partial charge in [0.2, 0.25) is 0 Å². The molecule has 1 saturated heterocycles. The molecule has 0 spiro atoms. The predicted molar refractivity (Wildman–Crippen MR) is 132 cm³/mol. The molecule has 1 aliphatic carbocycles. The number of aromatic nitrogens is 3. The summed E-state index contributed by atoms with van der Waals surface area (Å²) in [4.78, 5) is 19.9. The van der Waals surface area contributed by atoms with Crippen molar-refractivity contribution in [3.63, 3.8) is 0 Å². The summed E-state index contributed by atoms with van der Waals surface area (Å²) in [5.41, 5.74) is 0.229. The van der Waals surface area contributed by atoms with Crippen LogP contribution >= 0.6 is 0 Å². The third kappa shape index (κ3) is 5.40. The maximum atomic E-state index is 14.6. The van der Waals surface area contributed by atoms with E-state index >= 15 is 0 Å². The Morgan fingerprint density at radius 1 is 1.18 bits per heavy atom. The van der Waals surface area contributed by atoms with Crippen molar-refractivity contribution in [2.75, 3.05) is 13.1 Å². The summed E-state index contributed by atoms with van der Waals surface area (Å²) in [7, 11) is 0. The van der Waals surface area contributed by atoms with Crippen LogP contribution in [0, 0.1) is 5.82 Å². The number of β-amino-alcohol motifs (C(OH)–C–C–N with tert-alkyl or cyclic N) is 1. The standard InChI is InChI=1S/C27H31F4N5O2/c1-16(21-5-2-6-23(24(21)28)27(29,30)31)34-26(38)18-12-22(25-32-15-33-36(25)13-18)17-7-9-19(10-8-17)35-11-3-4-20(37)14-35/h2,5-6,12-13,15-17,19-20,37H,3-4,7-11,14H2,1H3,(H,34,38)/t16-,17?,19?,20+/m1/s1. The van der Waals surface area contributed by atoms with E-state index in [1.54, 1.807) is 6.07 Å². The number of likely N-dealkylation sites (tertiary alicyclic amines) is 1. The number of carbonyl (C=O) groups is 1. The molecule has 2 aromatic heterocycles. The lowest BCUT2D eigenvalue weighted by Gasteiger charge is -2.40. The fourth-order valence-electron chi connectivity index (χ4n) is 5.90. The molecule has 5 rings (SSSR count). The van der Waals surface area contributed by atoms with Gasteiger partial charge in [0.25, 0.3) is 5.91 Å². The van der Waals surface area contributed by atoms with Crippen LogP contribution in [-0.2, 0) is 6.18 Å². The molecule has 38 heavy (non-hydrogen) atoms. The summed E-state index contributed by atoms with van der Waals surface area (Å²) in [6, 6.07) is 4.25. The topological polar surface area (TPSA) is 82.8 Å². The summed E-state index contributed by atoms with van der Waals surface area (Å²) >= 11 is 0. The van der Waals surface area contributed by atoms with E-state index in [0.29, 0.717) is 24.3 Å². The van der Waals surface area contributed by atoms with Crippen molar-refractivity contribution in [3.05, 3.63) is 64.9 Å². The molecule has 1 amide bonds. The van der Waals surface area contributed by atoms with Crippen molar-refractivity contribution in [1.82, 2.24) is 24.8 Å². The zero-order valence-corrected chi connectivity index (χ0v) is 21.1. The Bertz CT molecular complexity index is 1300. The molecule has 1 aromatic carbocycles. The minimum absolute atomic E-state index is 0.166. The second kappa shape index (κ2) is 10.6. The van der Waals surface area contributed by atoms with Crippen molar-refractivity contribution in [2.45, 2.75) is 75.7 Å². The first-order valence-electron chi connectivity index (χ1n) is 13.0. The van der Waals surface area contributed by atoms with Crippen LogP contribution in [0.4, 0.5) is 17.6 Å². The molecule has 0 unspecified atom stereocenters. The highest BCUT2D eigenvalue weighted by atomic mass is 19.4. The number of alkyl halides is 3. The average Bonchev–Trinajstić information content (AvgIpc) is 3.36. The molecule has 2 N–H and O–H groups in total. The summed E-state index contributed by atoms with van der Waals surface area (Å²) in [5, 5.41) is 16.9. The Morgan fingerprint density at radius 3 is 2.66 bits per heavy atom. The summed E-state index contributed by atoms with van der Waals surface area (Å²) < 4.78 is 55.6. The van der Waals surface area contributed by atoms with E-state index in [9.17, 15) is 27.5 Å². The Hall–Kier alpha value is -3.05. The van der Waals surface area contributed by atoms with Crippen LogP contribution < -0.4 is 5.32 Å². The molecule has 7 nitrogen and oxygen atoms in total. The molecule has 1 aliphatic heterocycles. The van der Waals surface area contributed by atoms with E-state index in [1.165, 1.54) is 30.0 Å². The summed E-state index contributed by atoms with van der Waals surface area (Å²) in [6.07, 6.45) is 3.45. The van der Waals surface area contributed by atoms with Gasteiger partial charge < -0.3 is 10.4 Å². The van der Waals surface area contributed by atoms with Crippen molar-refractivity contribution in [2.24, 2.45) is 0 Å². The normalized spacial score (nSPS) is 23.9. The monoisotopic (exact) mass is 533 g/mol. The van der Waals surface area contributed by atoms with Crippen LogP contribution in [0.15, 0.2) is 36.8 Å². The van der Waals surface area contributed by atoms with Crippen molar-refractivity contribution in [1.29, 1.82) is 0 Å². The number of nitrogens with zero attached hydrogens (tertiary/aromatic N) is 4. The van der Waals surface area contributed by atoms with Crippen LogP contribution in [0.3, 0.4) is 0 Å². The first kappa shape index (κ1) is 26.6. The van der Waals surface area contributed by atoms with Crippen molar-refractivity contribution in [3.8, 4) is 0 Å². The molecule has 204 valence electrons. The van der Waals surface area contributed by atoms with E-state index in [2.05, 4.69) is 20.3 Å². The summed E-state index contributed by atoms with van der Waals surface area (Å²) in [6.45, 7) is 3.16. The van der Waals surface area contributed by atoms with Crippen LogP contribution in [0.2, 0.25) is 0 Å². The molecular formula is C27H31F4N5O2. The third-order valence-corrected chi connectivity index (χ3v) is 7.89. The van der Waals surface area contributed by atoms with Gasteiger partial charge in [-0.25, -0.2) is 13.9 Å². The smallest absolute Gasteiger partial charge is 0.392 e. The van der Waals surface area contributed by atoms with Crippen LogP contribution in [0.5, 0.6) is 0 Å². The van der Waals surface area contributed by atoms with Gasteiger partial charge in [0.1, 0.15) is 12.1 Å². The fourth-order valence-corrected chi connectivity index (χ4v) is 5.90. The van der Waals surface area contributed by atoms with Crippen LogP contribution in [-0.4, -0.2) is 55.7 Å². The Labute approximate surface area is 217 Å². The van der Waals surface area contributed by atoms with Gasteiger partial charge in [0.15, 0.2) is 5.65 Å². The van der Waals surface area contributed by atoms with E-state index in [4.69, 9.17) is 0 Å². The van der Waals surface area contributed by atoms with Gasteiger partial charge in [-0.2, -0.15) is 18.3 Å². The molecule has 3 aromatic rings. The first-order valence-corrected chi connectivity index (χ1v) is 13.0. The fraction of sp³-hybridized carbons (Fsp3) is 0.519. The maximum absolute atomic E-state index is 14.6. The van der Waals surface area contributed by atoms with Crippen molar-refractivity contribution >= 4 is 11.6 Å². The highest BCUT2D eigenvalue weighted by molar-refractivity contribution is 5.94. The number of pyridine rings is 1. The number of halogens is 4. The molecule has 0 radical (unpaired) electrons. The van der Waals surface area contributed by atoms with E-state index in [-0.39, 0.29) is 23.1 Å². The van der Waals surface area contributed by atoms with Crippen LogP contribution in [0.25, 0.3) is 5.65 Å². The number of hydrogen-bond acceptors (Lipinski definition) is 5. The summed E-state index contributed by atoms with van der Waals surface area (Å²) in [5.74, 6) is -1.76. The number of piperidine rings is 1. The minimum Gasteiger partial charge on any atom is -0.392 e. The lowest BCUT2D eigenvalue weighted by Crippen LogP contribution is -2.45. The number of nitrogens with one attached hydrogen (secondary N) is 1. The van der Waals surface area contributed by atoms with Gasteiger partial charge in [0, 0.05) is 29.9 Å². The van der Waals surface area contributed by atoms with Gasteiger partial charge in [-0.1, -0.05) is 12.1 Å². The second-order valence-corrected chi connectivity index (χ2v) is 10.4. The zero-order valence-electron chi connectivity index (χ0n) is 21.1. The Kier molecular flexibility index (Phi) is 7.41. The lowest BCUT2D eigenvalue weighted by atomic mass is 9.80. The first-order chi connectivity index (χ1) is 18.1. The zero-order chi connectivity index (χ0) is 27.0. The van der Waals surface area contributed by atoms with Gasteiger partial charge >= 0.3 is 6.18 Å². The maximum Gasteiger partial charge on any atom is 0.419 e. The SMILES string of the molecule is C[C@@H](NC(=O)c1cc(C2CCC(N3CCC[C@H](O)C3)CC2)c2ncnn2c1)c1cccc(C(F)(F)F)c1F. The van der Waals surface area contributed by atoms with E-state index in [0.717, 1.165) is 56.7 Å². The average molecular weight is 534 g/mol. The largest absolute Gasteiger partial charge is 0.419 e. The van der Waals surface area contributed by atoms with E-state index in [1.807, 2.05) is 0 Å². The molecule has 3 heterocycles. The lowest BCUT2D eigenvalue weighted by molar-refractivity contribution is -0.140. The number of benzene rings is 1.